The van der Waals surface area contributed by atoms with E-state index in [2.05, 4.69) is 5.10 Å². The summed E-state index contributed by atoms with van der Waals surface area (Å²) in [7, 11) is 1.58. The first-order valence-corrected chi connectivity index (χ1v) is 13.2. The molecule has 8 rings (SSSR count). The Hall–Kier alpha value is -4.83. The average Bonchev–Trinajstić information content (AvgIpc) is 3.81. The van der Waals surface area contributed by atoms with Gasteiger partial charge in [0, 0.05) is 0 Å². The van der Waals surface area contributed by atoms with Crippen molar-refractivity contribution in [2.45, 2.75) is 18.2 Å². The van der Waals surface area contributed by atoms with Crippen LogP contribution >= 0.6 is 0 Å². The fourth-order valence-electron chi connectivity index (χ4n) is 6.70. The molecule has 3 fully saturated rings. The number of rotatable bonds is 5. The van der Waals surface area contributed by atoms with Crippen molar-refractivity contribution in [3.05, 3.63) is 96.8 Å². The second-order valence-corrected chi connectivity index (χ2v) is 10.4. The minimum absolute atomic E-state index is 0.234. The van der Waals surface area contributed by atoms with Crippen molar-refractivity contribution in [3.8, 4) is 11.4 Å². The van der Waals surface area contributed by atoms with Crippen LogP contribution in [0.1, 0.15) is 5.69 Å². The zero-order valence-corrected chi connectivity index (χ0v) is 21.4. The summed E-state index contributed by atoms with van der Waals surface area (Å²) in [5.74, 6) is -1.24. The topological polar surface area (TPSA) is 102 Å². The van der Waals surface area contributed by atoms with Gasteiger partial charge in [-0.15, -0.1) is 5.10 Å². The van der Waals surface area contributed by atoms with Crippen LogP contribution in [0.15, 0.2) is 96.2 Å². The summed E-state index contributed by atoms with van der Waals surface area (Å²) >= 11 is 0. The van der Waals surface area contributed by atoms with Crippen molar-refractivity contribution < 1.29 is 19.1 Å². The summed E-state index contributed by atoms with van der Waals surface area (Å²) in [6, 6.07) is 26.2. The number of imide groups is 1. The lowest BCUT2D eigenvalue weighted by Crippen LogP contribution is -2.50. The van der Waals surface area contributed by atoms with Gasteiger partial charge in [0.1, 0.15) is 11.4 Å². The number of nitrogens with zero attached hydrogens (tertiary/aromatic N) is 6. The number of fused-ring (bicyclic) bond motifs is 8. The first-order chi connectivity index (χ1) is 19.6. The van der Waals surface area contributed by atoms with Crippen molar-refractivity contribution in [1.82, 2.24) is 15.0 Å². The molecule has 0 unspecified atom stereocenters. The summed E-state index contributed by atoms with van der Waals surface area (Å²) in [5.41, 5.74) is 3.59. The quantitative estimate of drug-likeness (QED) is 0.364. The van der Waals surface area contributed by atoms with E-state index in [4.69, 9.17) is 19.7 Å². The lowest BCUT2D eigenvalue weighted by molar-refractivity contribution is -0.125. The molecule has 0 saturated carbocycles. The highest BCUT2D eigenvalue weighted by Gasteiger charge is 2.72. The molecule has 2 bridgehead atoms. The van der Waals surface area contributed by atoms with Crippen LogP contribution in [-0.4, -0.2) is 57.9 Å². The number of hydrogen-bond donors (Lipinski definition) is 0. The van der Waals surface area contributed by atoms with Gasteiger partial charge in [-0.25, -0.2) is 4.90 Å². The molecule has 10 heteroatoms. The molecule has 0 radical (unpaired) electrons. The lowest BCUT2D eigenvalue weighted by Gasteiger charge is -2.32. The molecule has 0 N–H and O–H groups in total. The van der Waals surface area contributed by atoms with E-state index in [-0.39, 0.29) is 23.8 Å². The maximum Gasteiger partial charge on any atom is 0.240 e. The molecule has 6 atom stereocenters. The Balaban J connectivity index is 1.19. The van der Waals surface area contributed by atoms with Gasteiger partial charge in [0.05, 0.1) is 72.1 Å². The van der Waals surface area contributed by atoms with Crippen LogP contribution in [0.4, 0.5) is 11.4 Å². The van der Waals surface area contributed by atoms with E-state index in [1.807, 2.05) is 65.7 Å². The van der Waals surface area contributed by atoms with E-state index in [1.54, 1.807) is 42.4 Å². The van der Waals surface area contributed by atoms with E-state index < -0.39 is 24.0 Å². The van der Waals surface area contributed by atoms with Crippen LogP contribution in [0.5, 0.6) is 5.75 Å². The number of ether oxygens (including phenoxy) is 2. The van der Waals surface area contributed by atoms with E-state index >= 15 is 0 Å². The molecule has 2 amide bonds. The molecular weight excluding hydrogens is 508 g/mol. The Bertz CT molecular complexity index is 1650. The third-order valence-electron chi connectivity index (χ3n) is 8.39. The number of hydrogen-bond acceptors (Lipinski definition) is 8. The van der Waals surface area contributed by atoms with Gasteiger partial charge in [0.2, 0.25) is 11.8 Å². The molecule has 198 valence electrons. The summed E-state index contributed by atoms with van der Waals surface area (Å²) in [5, 5.41) is 16.2. The minimum Gasteiger partial charge on any atom is -0.497 e. The molecule has 3 aromatic carbocycles. The third kappa shape index (κ3) is 3.16. The standard InChI is InChI=1S/C30H24N6O4/c1-39-20-14-12-17(13-15-20)34-29(37)22-23(30(34)38)28-26-24(27(22)40-28)25(33-35(26)18-8-4-2-5-9-18)21-16-31-36(32-21)19-10-6-3-7-11-19/h2-16,22-24,26-28H,1H3/t22-,23+,24+,26-,27-,28+/m0/s1. The van der Waals surface area contributed by atoms with Crippen LogP contribution in [0.2, 0.25) is 0 Å². The fraction of sp³-hybridized carbons (Fsp3) is 0.233. The fourth-order valence-corrected chi connectivity index (χ4v) is 6.70. The number of carbonyl (C=O) groups excluding carboxylic acids is 2. The number of amides is 2. The predicted molar refractivity (Wildman–Crippen MR) is 145 cm³/mol. The van der Waals surface area contributed by atoms with Gasteiger partial charge < -0.3 is 9.47 Å². The number of hydrazone groups is 1. The van der Waals surface area contributed by atoms with Crippen LogP contribution < -0.4 is 14.6 Å². The molecule has 10 nitrogen and oxygen atoms in total. The van der Waals surface area contributed by atoms with Crippen molar-refractivity contribution in [3.63, 3.8) is 0 Å². The van der Waals surface area contributed by atoms with E-state index in [0.29, 0.717) is 22.8 Å². The zero-order chi connectivity index (χ0) is 27.0. The maximum atomic E-state index is 13.8. The number of para-hydroxylation sites is 2. The van der Waals surface area contributed by atoms with Crippen molar-refractivity contribution in [2.75, 3.05) is 17.0 Å². The molecule has 4 aliphatic rings. The number of aromatic nitrogens is 3. The van der Waals surface area contributed by atoms with E-state index in [0.717, 1.165) is 11.4 Å². The van der Waals surface area contributed by atoms with Gasteiger partial charge in [-0.2, -0.15) is 15.0 Å². The Labute approximate surface area is 229 Å². The summed E-state index contributed by atoms with van der Waals surface area (Å²) in [6.45, 7) is 0. The lowest BCUT2D eigenvalue weighted by atomic mass is 9.70. The largest absolute Gasteiger partial charge is 0.497 e. The van der Waals surface area contributed by atoms with Gasteiger partial charge in [-0.3, -0.25) is 14.6 Å². The first-order valence-electron chi connectivity index (χ1n) is 13.2. The third-order valence-corrected chi connectivity index (χ3v) is 8.39. The van der Waals surface area contributed by atoms with E-state index in [9.17, 15) is 9.59 Å². The van der Waals surface area contributed by atoms with Gasteiger partial charge in [0.25, 0.3) is 0 Å². The van der Waals surface area contributed by atoms with Crippen LogP contribution in [0.3, 0.4) is 0 Å². The molecule has 5 heterocycles. The minimum atomic E-state index is -0.592. The molecule has 4 aliphatic heterocycles. The molecule has 0 aliphatic carbocycles. The highest BCUT2D eigenvalue weighted by molar-refractivity contribution is 6.23. The maximum absolute atomic E-state index is 13.8. The van der Waals surface area contributed by atoms with Crippen molar-refractivity contribution in [2.24, 2.45) is 22.9 Å². The van der Waals surface area contributed by atoms with Gasteiger partial charge in [-0.05, 0) is 48.5 Å². The number of methoxy groups -OCH3 is 1. The Kier molecular flexibility index (Phi) is 4.96. The monoisotopic (exact) mass is 532 g/mol. The van der Waals surface area contributed by atoms with E-state index in [1.165, 1.54) is 4.90 Å². The summed E-state index contributed by atoms with van der Waals surface area (Å²) in [6.07, 6.45) is 0.700. The smallest absolute Gasteiger partial charge is 0.240 e. The predicted octanol–water partition coefficient (Wildman–Crippen LogP) is 3.07. The zero-order valence-electron chi connectivity index (χ0n) is 21.4. The average molecular weight is 533 g/mol. The second kappa shape index (κ2) is 8.59. The van der Waals surface area contributed by atoms with Crippen LogP contribution in [0, 0.1) is 17.8 Å². The molecule has 40 heavy (non-hydrogen) atoms. The first kappa shape index (κ1) is 23.1. The summed E-state index contributed by atoms with van der Waals surface area (Å²) in [4.78, 5) is 30.5. The normalized spacial score (nSPS) is 28.2. The Morgan fingerprint density at radius 1 is 0.750 bits per heavy atom. The molecule has 1 aromatic heterocycles. The number of benzene rings is 3. The van der Waals surface area contributed by atoms with Crippen molar-refractivity contribution in [1.29, 1.82) is 0 Å². The van der Waals surface area contributed by atoms with Gasteiger partial charge >= 0.3 is 0 Å². The van der Waals surface area contributed by atoms with Crippen molar-refractivity contribution >= 4 is 28.9 Å². The highest BCUT2D eigenvalue weighted by atomic mass is 16.5. The van der Waals surface area contributed by atoms with Gasteiger partial charge in [0.15, 0.2) is 0 Å². The molecule has 4 aromatic rings. The molecular formula is C30H24N6O4. The number of carbonyl (C=O) groups is 2. The second-order valence-electron chi connectivity index (χ2n) is 10.4. The Morgan fingerprint density at radius 3 is 2.08 bits per heavy atom. The number of anilines is 2. The summed E-state index contributed by atoms with van der Waals surface area (Å²) < 4.78 is 11.7. The SMILES string of the molecule is COc1ccc(N2C(=O)[C@@H]3[C@@H]4O[C@H]([C@@H]3C2=O)[C@@H]2[C@H]4C(c3cnn(-c4ccccc4)n3)=NN2c2ccccc2)cc1. The van der Waals surface area contributed by atoms with Crippen LogP contribution in [-0.2, 0) is 14.3 Å². The Morgan fingerprint density at radius 2 is 1.40 bits per heavy atom. The molecule has 0 spiro atoms. The highest BCUT2D eigenvalue weighted by Crippen LogP contribution is 2.56. The molecule has 3 saturated heterocycles. The van der Waals surface area contributed by atoms with Crippen LogP contribution in [0.25, 0.3) is 5.69 Å². The van der Waals surface area contributed by atoms with Gasteiger partial charge in [-0.1, -0.05) is 36.4 Å².